The van der Waals surface area contributed by atoms with Crippen LogP contribution in [0.3, 0.4) is 0 Å². The maximum atomic E-state index is 12.3. The molecule has 0 bridgehead atoms. The largest absolute Gasteiger partial charge is 0.354 e. The van der Waals surface area contributed by atoms with Crippen LogP contribution in [0.2, 0.25) is 0 Å². The van der Waals surface area contributed by atoms with Crippen molar-refractivity contribution in [2.75, 3.05) is 13.1 Å². The Morgan fingerprint density at radius 2 is 2.08 bits per heavy atom. The van der Waals surface area contributed by atoms with Crippen LogP contribution < -0.4 is 5.32 Å². The fraction of sp³-hybridized carbons (Fsp3) is 0.471. The molecule has 1 aliphatic heterocycles. The monoisotopic (exact) mass is 364 g/mol. The fourth-order valence-electron chi connectivity index (χ4n) is 3.00. The van der Waals surface area contributed by atoms with Gasteiger partial charge in [-0.1, -0.05) is 25.3 Å². The third-order valence-corrected chi connectivity index (χ3v) is 6.03. The Hall–Kier alpha value is -1.60. The normalized spacial score (nSPS) is 20.8. The van der Waals surface area contributed by atoms with Gasteiger partial charge in [0.15, 0.2) is 0 Å². The van der Waals surface area contributed by atoms with Crippen molar-refractivity contribution in [2.24, 2.45) is 5.92 Å². The first-order chi connectivity index (χ1) is 11.6. The lowest BCUT2D eigenvalue weighted by atomic mass is 9.89. The number of rotatable bonds is 5. The molecule has 2 aliphatic rings. The SMILES string of the molecule is O=C(NCCN1C(=O)SC(=Cc2cccs2)C1=O)C1CCCCC1. The maximum Gasteiger partial charge on any atom is 0.293 e. The van der Waals surface area contributed by atoms with Gasteiger partial charge in [0, 0.05) is 23.9 Å². The second-order valence-corrected chi connectivity index (χ2v) is 7.95. The number of imide groups is 1. The number of carbonyl (C=O) groups is 3. The van der Waals surface area contributed by atoms with E-state index in [1.807, 2.05) is 17.5 Å². The number of hydrogen-bond donors (Lipinski definition) is 1. The lowest BCUT2D eigenvalue weighted by Gasteiger charge is -2.21. The maximum absolute atomic E-state index is 12.3. The predicted molar refractivity (Wildman–Crippen MR) is 96.6 cm³/mol. The number of amides is 3. The fourth-order valence-corrected chi connectivity index (χ4v) is 4.58. The number of thioether (sulfide) groups is 1. The van der Waals surface area contributed by atoms with E-state index in [0.717, 1.165) is 42.3 Å². The number of nitrogens with zero attached hydrogens (tertiary/aromatic N) is 1. The second kappa shape index (κ2) is 7.98. The van der Waals surface area contributed by atoms with Gasteiger partial charge in [0.1, 0.15) is 0 Å². The summed E-state index contributed by atoms with van der Waals surface area (Å²) in [6.45, 7) is 0.546. The van der Waals surface area contributed by atoms with Crippen molar-refractivity contribution < 1.29 is 14.4 Å². The van der Waals surface area contributed by atoms with Crippen LogP contribution in [0.4, 0.5) is 4.79 Å². The Labute approximate surface area is 149 Å². The van der Waals surface area contributed by atoms with Gasteiger partial charge in [-0.25, -0.2) is 0 Å². The van der Waals surface area contributed by atoms with Gasteiger partial charge in [-0.05, 0) is 42.1 Å². The van der Waals surface area contributed by atoms with Gasteiger partial charge in [-0.2, -0.15) is 0 Å². The van der Waals surface area contributed by atoms with Crippen molar-refractivity contribution >= 4 is 46.2 Å². The standard InChI is InChI=1S/C17H20N2O3S2/c20-15(12-5-2-1-3-6-12)18-8-9-19-16(21)14(24-17(19)22)11-13-7-4-10-23-13/h4,7,10-12H,1-3,5-6,8-9H2,(H,18,20). The molecule has 3 amide bonds. The lowest BCUT2D eigenvalue weighted by Crippen LogP contribution is -2.39. The van der Waals surface area contributed by atoms with Gasteiger partial charge in [-0.15, -0.1) is 11.3 Å². The highest BCUT2D eigenvalue weighted by Crippen LogP contribution is 2.32. The molecule has 0 radical (unpaired) electrons. The topological polar surface area (TPSA) is 66.5 Å². The highest BCUT2D eigenvalue weighted by Gasteiger charge is 2.34. The molecule has 1 N–H and O–H groups in total. The molecule has 24 heavy (non-hydrogen) atoms. The van der Waals surface area contributed by atoms with E-state index >= 15 is 0 Å². The van der Waals surface area contributed by atoms with Crippen LogP contribution in [0.15, 0.2) is 22.4 Å². The first-order valence-electron chi connectivity index (χ1n) is 8.22. The van der Waals surface area contributed by atoms with Gasteiger partial charge in [0.05, 0.1) is 4.91 Å². The molecular formula is C17H20N2O3S2. The summed E-state index contributed by atoms with van der Waals surface area (Å²) < 4.78 is 0. The van der Waals surface area contributed by atoms with Crippen molar-refractivity contribution in [2.45, 2.75) is 32.1 Å². The van der Waals surface area contributed by atoms with Crippen LogP contribution in [0.1, 0.15) is 37.0 Å². The Kier molecular flexibility index (Phi) is 5.73. The summed E-state index contributed by atoms with van der Waals surface area (Å²) in [4.78, 5) is 39.1. The molecule has 1 aliphatic carbocycles. The van der Waals surface area contributed by atoms with E-state index in [1.54, 1.807) is 6.08 Å². The van der Waals surface area contributed by atoms with Crippen molar-refractivity contribution in [1.29, 1.82) is 0 Å². The van der Waals surface area contributed by atoms with Crippen LogP contribution in [-0.2, 0) is 9.59 Å². The molecule has 1 saturated carbocycles. The minimum Gasteiger partial charge on any atom is -0.354 e. The Morgan fingerprint density at radius 3 is 2.79 bits per heavy atom. The Morgan fingerprint density at radius 1 is 1.29 bits per heavy atom. The Balaban J connectivity index is 1.51. The van der Waals surface area contributed by atoms with E-state index in [4.69, 9.17) is 0 Å². The highest BCUT2D eigenvalue weighted by molar-refractivity contribution is 8.18. The van der Waals surface area contributed by atoms with Gasteiger partial charge >= 0.3 is 0 Å². The molecule has 0 unspecified atom stereocenters. The first-order valence-corrected chi connectivity index (χ1v) is 9.91. The van der Waals surface area contributed by atoms with Crippen molar-refractivity contribution in [1.82, 2.24) is 10.2 Å². The summed E-state index contributed by atoms with van der Waals surface area (Å²) in [7, 11) is 0. The van der Waals surface area contributed by atoms with E-state index in [2.05, 4.69) is 5.32 Å². The van der Waals surface area contributed by atoms with Gasteiger partial charge < -0.3 is 5.32 Å². The number of carbonyl (C=O) groups excluding carboxylic acids is 3. The van der Waals surface area contributed by atoms with E-state index in [1.165, 1.54) is 22.7 Å². The van der Waals surface area contributed by atoms with E-state index < -0.39 is 0 Å². The molecule has 2 heterocycles. The molecule has 3 rings (SSSR count). The van der Waals surface area contributed by atoms with Gasteiger partial charge in [-0.3, -0.25) is 19.3 Å². The molecule has 0 spiro atoms. The molecular weight excluding hydrogens is 344 g/mol. The van der Waals surface area contributed by atoms with Crippen LogP contribution >= 0.6 is 23.1 Å². The summed E-state index contributed by atoms with van der Waals surface area (Å²) in [5, 5.41) is 4.53. The van der Waals surface area contributed by atoms with Gasteiger partial charge in [0.25, 0.3) is 11.1 Å². The smallest absolute Gasteiger partial charge is 0.293 e. The van der Waals surface area contributed by atoms with Gasteiger partial charge in [0.2, 0.25) is 5.91 Å². The van der Waals surface area contributed by atoms with Crippen LogP contribution in [0.5, 0.6) is 0 Å². The zero-order chi connectivity index (χ0) is 16.9. The van der Waals surface area contributed by atoms with Crippen LogP contribution in [-0.4, -0.2) is 35.0 Å². The quantitative estimate of drug-likeness (QED) is 0.812. The molecule has 0 atom stereocenters. The summed E-state index contributed by atoms with van der Waals surface area (Å²) in [6, 6.07) is 3.81. The number of nitrogens with one attached hydrogen (secondary N) is 1. The molecule has 128 valence electrons. The molecule has 1 aromatic rings. The van der Waals surface area contributed by atoms with Crippen molar-refractivity contribution in [3.8, 4) is 0 Å². The molecule has 0 aromatic carbocycles. The highest BCUT2D eigenvalue weighted by atomic mass is 32.2. The zero-order valence-corrected chi connectivity index (χ0v) is 15.0. The van der Waals surface area contributed by atoms with E-state index in [-0.39, 0.29) is 29.5 Å². The molecule has 1 aromatic heterocycles. The lowest BCUT2D eigenvalue weighted by molar-refractivity contribution is -0.127. The first kappa shape index (κ1) is 17.2. The minimum absolute atomic E-state index is 0.0517. The molecule has 7 heteroatoms. The molecule has 1 saturated heterocycles. The number of hydrogen-bond acceptors (Lipinski definition) is 5. The molecule has 2 fully saturated rings. The van der Waals surface area contributed by atoms with Crippen LogP contribution in [0, 0.1) is 5.92 Å². The minimum atomic E-state index is -0.273. The summed E-state index contributed by atoms with van der Waals surface area (Å²) in [5.41, 5.74) is 0. The Bertz CT molecular complexity index is 649. The van der Waals surface area contributed by atoms with Crippen LogP contribution in [0.25, 0.3) is 6.08 Å². The van der Waals surface area contributed by atoms with Crippen molar-refractivity contribution in [3.05, 3.63) is 27.3 Å². The number of thiophene rings is 1. The third-order valence-electron chi connectivity index (χ3n) is 4.30. The average molecular weight is 364 g/mol. The average Bonchev–Trinajstić information content (AvgIpc) is 3.19. The summed E-state index contributed by atoms with van der Waals surface area (Å²) in [6.07, 6.45) is 7.05. The summed E-state index contributed by atoms with van der Waals surface area (Å²) >= 11 is 2.48. The molecule has 5 nitrogen and oxygen atoms in total. The summed E-state index contributed by atoms with van der Waals surface area (Å²) in [5.74, 6) is -0.131. The van der Waals surface area contributed by atoms with E-state index in [0.29, 0.717) is 11.4 Å². The zero-order valence-electron chi connectivity index (χ0n) is 13.3. The second-order valence-electron chi connectivity index (χ2n) is 5.97. The van der Waals surface area contributed by atoms with Crippen molar-refractivity contribution in [3.63, 3.8) is 0 Å². The van der Waals surface area contributed by atoms with E-state index in [9.17, 15) is 14.4 Å². The predicted octanol–water partition coefficient (Wildman–Crippen LogP) is 3.48. The third kappa shape index (κ3) is 4.08.